The summed E-state index contributed by atoms with van der Waals surface area (Å²) in [4.78, 5) is 0. The van der Waals surface area contributed by atoms with Crippen molar-refractivity contribution in [2.45, 2.75) is 57.8 Å². The second-order valence-electron chi connectivity index (χ2n) is 8.20. The Hall–Kier alpha value is -3.18. The van der Waals surface area contributed by atoms with E-state index in [-0.39, 0.29) is 5.41 Å². The van der Waals surface area contributed by atoms with Crippen molar-refractivity contribution in [2.75, 3.05) is 6.61 Å². The second-order valence-corrected chi connectivity index (χ2v) is 8.20. The van der Waals surface area contributed by atoms with E-state index < -0.39 is 0 Å². The minimum atomic E-state index is -0.237. The molecule has 0 heterocycles. The molecule has 0 saturated carbocycles. The molecule has 0 spiro atoms. The number of ether oxygens (including phenoxy) is 2. The lowest BCUT2D eigenvalue weighted by Crippen LogP contribution is -2.24. The van der Waals surface area contributed by atoms with E-state index in [9.17, 15) is 0 Å². The third kappa shape index (κ3) is 6.41. The van der Waals surface area contributed by atoms with Crippen molar-refractivity contribution in [3.05, 3.63) is 90.0 Å². The number of hydrogen-bond donors (Lipinski definition) is 0. The topological polar surface area (TPSA) is 18.5 Å². The van der Waals surface area contributed by atoms with Crippen LogP contribution in [0, 0.1) is 12.3 Å². The molecule has 3 aromatic carbocycles. The zero-order valence-corrected chi connectivity index (χ0v) is 19.3. The molecule has 0 aromatic heterocycles. The van der Waals surface area contributed by atoms with Crippen LogP contribution in [0.4, 0.5) is 0 Å². The summed E-state index contributed by atoms with van der Waals surface area (Å²) in [6.45, 7) is 4.89. The second kappa shape index (κ2) is 12.0. The molecule has 0 fully saturated rings. The molecule has 1 atom stereocenters. The molecule has 0 aliphatic rings. The molecule has 0 bridgehead atoms. The van der Waals surface area contributed by atoms with E-state index in [4.69, 9.17) is 15.9 Å². The van der Waals surface area contributed by atoms with Crippen LogP contribution in [-0.2, 0) is 11.8 Å². The van der Waals surface area contributed by atoms with Crippen molar-refractivity contribution in [3.63, 3.8) is 0 Å². The van der Waals surface area contributed by atoms with Gasteiger partial charge < -0.3 is 9.47 Å². The molecule has 0 aliphatic carbocycles. The molecule has 0 N–H and O–H groups in total. The number of aryl methyl sites for hydroxylation is 1. The lowest BCUT2D eigenvalue weighted by Gasteiger charge is -2.29. The fraction of sp³-hybridized carbons (Fsp3) is 0.333. The van der Waals surface area contributed by atoms with Gasteiger partial charge in [0.05, 0.1) is 12.0 Å². The molecule has 3 aromatic rings. The van der Waals surface area contributed by atoms with Gasteiger partial charge >= 0.3 is 0 Å². The van der Waals surface area contributed by atoms with Crippen molar-refractivity contribution in [2.24, 2.45) is 0 Å². The molecule has 166 valence electrons. The molecule has 0 saturated heterocycles. The Kier molecular flexibility index (Phi) is 8.81. The van der Waals surface area contributed by atoms with Crippen LogP contribution >= 0.6 is 0 Å². The van der Waals surface area contributed by atoms with Gasteiger partial charge in [-0.05, 0) is 80.1 Å². The Labute approximate surface area is 193 Å². The monoisotopic (exact) mass is 426 g/mol. The van der Waals surface area contributed by atoms with Gasteiger partial charge in [0.2, 0.25) is 0 Å². The lowest BCUT2D eigenvalue weighted by molar-refractivity contribution is 0.339. The third-order valence-corrected chi connectivity index (χ3v) is 5.90. The van der Waals surface area contributed by atoms with E-state index in [1.165, 1.54) is 11.1 Å². The number of unbranched alkanes of at least 4 members (excludes halogenated alkanes) is 1. The standard InChI is InChI=1S/C30H34O2/c1-4-7-22-30(5-2,26-18-20-27(21-19-26)31-6-3)23-12-14-25-13-11-17-29(24-25)32-28-15-9-8-10-16-28/h2,8-11,13,15-21,24H,4,6-7,12,14,22-23H2,1,3H3. The van der Waals surface area contributed by atoms with E-state index in [2.05, 4.69) is 43.2 Å². The van der Waals surface area contributed by atoms with E-state index in [0.717, 1.165) is 55.8 Å². The van der Waals surface area contributed by atoms with Gasteiger partial charge in [-0.2, -0.15) is 0 Å². The number of rotatable bonds is 12. The number of terminal acetylenes is 1. The molecule has 3 rings (SSSR count). The molecular weight excluding hydrogens is 392 g/mol. The molecule has 32 heavy (non-hydrogen) atoms. The molecule has 2 nitrogen and oxygen atoms in total. The summed E-state index contributed by atoms with van der Waals surface area (Å²) < 4.78 is 11.6. The third-order valence-electron chi connectivity index (χ3n) is 5.90. The average molecular weight is 427 g/mol. The number of benzene rings is 3. The fourth-order valence-corrected chi connectivity index (χ4v) is 4.14. The van der Waals surface area contributed by atoms with Crippen LogP contribution in [0.3, 0.4) is 0 Å². The smallest absolute Gasteiger partial charge is 0.127 e. The fourth-order valence-electron chi connectivity index (χ4n) is 4.14. The minimum Gasteiger partial charge on any atom is -0.494 e. The first kappa shape index (κ1) is 23.5. The Morgan fingerprint density at radius 1 is 0.781 bits per heavy atom. The summed E-state index contributed by atoms with van der Waals surface area (Å²) in [5.41, 5.74) is 2.25. The quantitative estimate of drug-likeness (QED) is 0.273. The van der Waals surface area contributed by atoms with Crippen molar-refractivity contribution in [1.29, 1.82) is 0 Å². The first-order chi connectivity index (χ1) is 15.7. The molecule has 1 unspecified atom stereocenters. The number of hydrogen-bond acceptors (Lipinski definition) is 2. The van der Waals surface area contributed by atoms with Crippen molar-refractivity contribution in [3.8, 4) is 29.6 Å². The van der Waals surface area contributed by atoms with Crippen LogP contribution in [0.1, 0.15) is 57.1 Å². The van der Waals surface area contributed by atoms with Gasteiger partial charge in [-0.15, -0.1) is 6.42 Å². The predicted molar refractivity (Wildman–Crippen MR) is 134 cm³/mol. The largest absolute Gasteiger partial charge is 0.494 e. The summed E-state index contributed by atoms with van der Waals surface area (Å²) in [5.74, 6) is 5.80. The highest BCUT2D eigenvalue weighted by Gasteiger charge is 2.29. The summed E-state index contributed by atoms with van der Waals surface area (Å²) in [5, 5.41) is 0. The van der Waals surface area contributed by atoms with Gasteiger partial charge in [0, 0.05) is 0 Å². The predicted octanol–water partition coefficient (Wildman–Crippen LogP) is 7.96. The normalized spacial score (nSPS) is 12.5. The maximum absolute atomic E-state index is 6.17. The van der Waals surface area contributed by atoms with Gasteiger partial charge in [-0.25, -0.2) is 0 Å². The van der Waals surface area contributed by atoms with Crippen LogP contribution < -0.4 is 9.47 Å². The zero-order valence-electron chi connectivity index (χ0n) is 19.3. The summed E-state index contributed by atoms with van der Waals surface area (Å²) in [7, 11) is 0. The van der Waals surface area contributed by atoms with Crippen molar-refractivity contribution in [1.82, 2.24) is 0 Å². The van der Waals surface area contributed by atoms with Gasteiger partial charge in [0.15, 0.2) is 0 Å². The Morgan fingerprint density at radius 3 is 2.19 bits per heavy atom. The summed E-state index contributed by atoms with van der Waals surface area (Å²) in [6.07, 6.45) is 12.4. The summed E-state index contributed by atoms with van der Waals surface area (Å²) in [6, 6.07) is 26.6. The molecule has 0 radical (unpaired) electrons. The SMILES string of the molecule is C#CC(CCCC)(CCCc1cccc(Oc2ccccc2)c1)c1ccc(OCC)cc1. The Bertz CT molecular complexity index is 985. The maximum Gasteiger partial charge on any atom is 0.127 e. The Balaban J connectivity index is 1.68. The van der Waals surface area contributed by atoms with Gasteiger partial charge in [-0.1, -0.05) is 68.2 Å². The van der Waals surface area contributed by atoms with Crippen LogP contribution in [0.5, 0.6) is 17.2 Å². The van der Waals surface area contributed by atoms with Crippen LogP contribution in [0.2, 0.25) is 0 Å². The molecule has 0 aliphatic heterocycles. The number of para-hydroxylation sites is 1. The van der Waals surface area contributed by atoms with E-state index >= 15 is 0 Å². The molecular formula is C30H34O2. The molecule has 2 heteroatoms. The van der Waals surface area contributed by atoms with E-state index in [0.29, 0.717) is 6.61 Å². The minimum absolute atomic E-state index is 0.237. The van der Waals surface area contributed by atoms with Gasteiger partial charge in [0.25, 0.3) is 0 Å². The molecule has 0 amide bonds. The van der Waals surface area contributed by atoms with Crippen LogP contribution in [0.15, 0.2) is 78.9 Å². The summed E-state index contributed by atoms with van der Waals surface area (Å²) >= 11 is 0. The maximum atomic E-state index is 6.17. The van der Waals surface area contributed by atoms with Crippen LogP contribution in [-0.4, -0.2) is 6.61 Å². The highest BCUT2D eigenvalue weighted by Crippen LogP contribution is 2.36. The highest BCUT2D eigenvalue weighted by molar-refractivity contribution is 5.38. The zero-order chi connectivity index (χ0) is 22.7. The lowest BCUT2D eigenvalue weighted by atomic mass is 9.73. The first-order valence-electron chi connectivity index (χ1n) is 11.7. The average Bonchev–Trinajstić information content (AvgIpc) is 2.83. The Morgan fingerprint density at radius 2 is 1.50 bits per heavy atom. The van der Waals surface area contributed by atoms with Crippen molar-refractivity contribution < 1.29 is 9.47 Å². The van der Waals surface area contributed by atoms with E-state index in [1.54, 1.807) is 0 Å². The first-order valence-corrected chi connectivity index (χ1v) is 11.7. The van der Waals surface area contributed by atoms with Gasteiger partial charge in [-0.3, -0.25) is 0 Å². The van der Waals surface area contributed by atoms with E-state index in [1.807, 2.05) is 55.5 Å². The highest BCUT2D eigenvalue weighted by atomic mass is 16.5. The van der Waals surface area contributed by atoms with Crippen molar-refractivity contribution >= 4 is 0 Å². The van der Waals surface area contributed by atoms with Crippen LogP contribution in [0.25, 0.3) is 0 Å². The van der Waals surface area contributed by atoms with Gasteiger partial charge in [0.1, 0.15) is 17.2 Å².